The smallest absolute Gasteiger partial charge is 0.259 e. The van der Waals surface area contributed by atoms with Crippen LogP contribution in [0.15, 0.2) is 36.9 Å². The molecule has 130 valence electrons. The van der Waals surface area contributed by atoms with Crippen molar-refractivity contribution in [2.24, 2.45) is 0 Å². The lowest BCUT2D eigenvalue weighted by atomic mass is 9.95. The summed E-state index contributed by atoms with van der Waals surface area (Å²) in [6.07, 6.45) is 0.679. The summed E-state index contributed by atoms with van der Waals surface area (Å²) < 4.78 is 10.7. The molecule has 2 aromatic rings. The summed E-state index contributed by atoms with van der Waals surface area (Å²) in [6, 6.07) is 8.61. The first-order valence-corrected chi connectivity index (χ1v) is 8.43. The first kappa shape index (κ1) is 17.6. The van der Waals surface area contributed by atoms with Crippen molar-refractivity contribution in [1.29, 1.82) is 0 Å². The van der Waals surface area contributed by atoms with Crippen LogP contribution in [0.25, 0.3) is 5.70 Å². The Morgan fingerprint density at radius 3 is 2.48 bits per heavy atom. The van der Waals surface area contributed by atoms with Gasteiger partial charge in [-0.15, -0.1) is 0 Å². The molecule has 1 aliphatic heterocycles. The summed E-state index contributed by atoms with van der Waals surface area (Å²) in [5.41, 5.74) is 2.88. The molecule has 0 unspecified atom stereocenters. The van der Waals surface area contributed by atoms with Gasteiger partial charge in [-0.2, -0.15) is 0 Å². The van der Waals surface area contributed by atoms with Crippen molar-refractivity contribution < 1.29 is 14.3 Å². The summed E-state index contributed by atoms with van der Waals surface area (Å²) in [4.78, 5) is 14.6. The third kappa shape index (κ3) is 3.20. The zero-order valence-corrected chi connectivity index (χ0v) is 15.4. The van der Waals surface area contributed by atoms with Crippen molar-refractivity contribution >= 4 is 34.8 Å². The van der Waals surface area contributed by atoms with E-state index < -0.39 is 0 Å². The molecule has 0 aromatic heterocycles. The fourth-order valence-electron chi connectivity index (χ4n) is 2.94. The molecule has 4 nitrogen and oxygen atoms in total. The fourth-order valence-corrected chi connectivity index (χ4v) is 3.31. The van der Waals surface area contributed by atoms with E-state index in [1.54, 1.807) is 37.3 Å². The van der Waals surface area contributed by atoms with Crippen molar-refractivity contribution in [3.63, 3.8) is 0 Å². The molecule has 0 N–H and O–H groups in total. The summed E-state index contributed by atoms with van der Waals surface area (Å²) in [7, 11) is 3.17. The first-order valence-electron chi connectivity index (χ1n) is 7.67. The van der Waals surface area contributed by atoms with Gasteiger partial charge in [-0.1, -0.05) is 29.8 Å². The number of methoxy groups -OCH3 is 2. The quantitative estimate of drug-likeness (QED) is 0.779. The Morgan fingerprint density at radius 1 is 1.12 bits per heavy atom. The molecule has 6 heteroatoms. The van der Waals surface area contributed by atoms with Crippen LogP contribution in [0.3, 0.4) is 0 Å². The number of amides is 1. The van der Waals surface area contributed by atoms with Crippen molar-refractivity contribution in [2.75, 3.05) is 20.8 Å². The normalized spacial score (nSPS) is 13.4. The molecule has 0 radical (unpaired) electrons. The Morgan fingerprint density at radius 2 is 1.80 bits per heavy atom. The van der Waals surface area contributed by atoms with Gasteiger partial charge in [0.2, 0.25) is 0 Å². The molecule has 1 aliphatic rings. The number of halogens is 2. The number of nitrogens with zero attached hydrogens (tertiary/aromatic N) is 1. The zero-order chi connectivity index (χ0) is 18.1. The maximum atomic E-state index is 12.9. The van der Waals surface area contributed by atoms with E-state index in [0.717, 1.165) is 11.1 Å². The first-order chi connectivity index (χ1) is 12.0. The molecular weight excluding hydrogens is 361 g/mol. The maximum absolute atomic E-state index is 12.9. The van der Waals surface area contributed by atoms with Gasteiger partial charge in [0.15, 0.2) is 11.5 Å². The standard InChI is InChI=1S/C19H17Cl2NO3/c1-11-14-10-18(25-3)17(24-2)8-12(14)6-7-22(11)19(23)15-9-13(20)4-5-16(15)21/h4-5,8-10H,1,6-7H2,2-3H3. The Balaban J connectivity index is 1.98. The molecule has 2 aromatic carbocycles. The number of ether oxygens (including phenoxy) is 2. The van der Waals surface area contributed by atoms with Gasteiger partial charge in [0, 0.05) is 22.8 Å². The van der Waals surface area contributed by atoms with E-state index in [9.17, 15) is 4.79 Å². The highest BCUT2D eigenvalue weighted by Crippen LogP contribution is 2.38. The predicted octanol–water partition coefficient (Wildman–Crippen LogP) is 4.68. The van der Waals surface area contributed by atoms with E-state index in [1.807, 2.05) is 12.1 Å². The molecule has 25 heavy (non-hydrogen) atoms. The number of carbonyl (C=O) groups is 1. The molecule has 1 heterocycles. The molecule has 1 amide bonds. The molecule has 0 spiro atoms. The lowest BCUT2D eigenvalue weighted by Crippen LogP contribution is -2.34. The van der Waals surface area contributed by atoms with Gasteiger partial charge in [-0.3, -0.25) is 4.79 Å². The second kappa shape index (κ2) is 6.98. The molecule has 0 saturated carbocycles. The van der Waals surface area contributed by atoms with E-state index in [0.29, 0.717) is 45.8 Å². The van der Waals surface area contributed by atoms with E-state index in [2.05, 4.69) is 6.58 Å². The van der Waals surface area contributed by atoms with Gasteiger partial charge in [-0.25, -0.2) is 0 Å². The Bertz CT molecular complexity index is 864. The van der Waals surface area contributed by atoms with Gasteiger partial charge in [-0.05, 0) is 42.3 Å². The number of hydrogen-bond acceptors (Lipinski definition) is 3. The number of fused-ring (bicyclic) bond motifs is 1. The van der Waals surface area contributed by atoms with E-state index in [1.165, 1.54) is 0 Å². The van der Waals surface area contributed by atoms with Crippen LogP contribution >= 0.6 is 23.2 Å². The fraction of sp³-hybridized carbons (Fsp3) is 0.211. The summed E-state index contributed by atoms with van der Waals surface area (Å²) in [6.45, 7) is 4.60. The third-order valence-electron chi connectivity index (χ3n) is 4.25. The van der Waals surface area contributed by atoms with Crippen molar-refractivity contribution in [1.82, 2.24) is 4.90 Å². The van der Waals surface area contributed by atoms with Crippen molar-refractivity contribution in [3.8, 4) is 11.5 Å². The SMILES string of the molecule is C=C1c2cc(OC)c(OC)cc2CCN1C(=O)c1cc(Cl)ccc1Cl. The van der Waals surface area contributed by atoms with E-state index in [-0.39, 0.29) is 5.91 Å². The van der Waals surface area contributed by atoms with Gasteiger partial charge in [0.1, 0.15) is 0 Å². The highest BCUT2D eigenvalue weighted by molar-refractivity contribution is 6.36. The van der Waals surface area contributed by atoms with Crippen LogP contribution in [-0.4, -0.2) is 31.6 Å². The van der Waals surface area contributed by atoms with Crippen LogP contribution in [-0.2, 0) is 6.42 Å². The lowest BCUT2D eigenvalue weighted by Gasteiger charge is -2.32. The van der Waals surface area contributed by atoms with Crippen molar-refractivity contribution in [3.05, 3.63) is 63.6 Å². The van der Waals surface area contributed by atoms with Crippen LogP contribution in [0.4, 0.5) is 0 Å². The van der Waals surface area contributed by atoms with Crippen LogP contribution in [0.5, 0.6) is 11.5 Å². The molecule has 0 atom stereocenters. The maximum Gasteiger partial charge on any atom is 0.259 e. The van der Waals surface area contributed by atoms with Crippen LogP contribution in [0.2, 0.25) is 10.0 Å². The highest BCUT2D eigenvalue weighted by Gasteiger charge is 2.28. The van der Waals surface area contributed by atoms with Gasteiger partial charge in [0.05, 0.1) is 24.8 Å². The van der Waals surface area contributed by atoms with Crippen LogP contribution in [0.1, 0.15) is 21.5 Å². The predicted molar refractivity (Wildman–Crippen MR) is 99.8 cm³/mol. The highest BCUT2D eigenvalue weighted by atomic mass is 35.5. The molecular formula is C19H17Cl2NO3. The van der Waals surface area contributed by atoms with Gasteiger partial charge >= 0.3 is 0 Å². The molecule has 0 fully saturated rings. The Hall–Kier alpha value is -2.17. The second-order valence-corrected chi connectivity index (χ2v) is 6.49. The molecule has 3 rings (SSSR count). The average molecular weight is 378 g/mol. The topological polar surface area (TPSA) is 38.8 Å². The van der Waals surface area contributed by atoms with E-state index in [4.69, 9.17) is 32.7 Å². The summed E-state index contributed by atoms with van der Waals surface area (Å²) >= 11 is 12.2. The number of benzene rings is 2. The Kier molecular flexibility index (Phi) is 4.93. The van der Waals surface area contributed by atoms with Crippen molar-refractivity contribution in [2.45, 2.75) is 6.42 Å². The largest absolute Gasteiger partial charge is 0.493 e. The monoisotopic (exact) mass is 377 g/mol. The summed E-state index contributed by atoms with van der Waals surface area (Å²) in [5.74, 6) is 1.03. The molecule has 0 saturated heterocycles. The number of carbonyl (C=O) groups excluding carboxylic acids is 1. The minimum atomic E-state index is -0.224. The third-order valence-corrected chi connectivity index (χ3v) is 4.82. The molecule has 0 aliphatic carbocycles. The van der Waals surface area contributed by atoms with Gasteiger partial charge in [0.25, 0.3) is 5.91 Å². The van der Waals surface area contributed by atoms with Crippen LogP contribution < -0.4 is 9.47 Å². The Labute approximate surface area is 156 Å². The number of rotatable bonds is 3. The minimum Gasteiger partial charge on any atom is -0.493 e. The van der Waals surface area contributed by atoms with Crippen LogP contribution in [0, 0.1) is 0 Å². The lowest BCUT2D eigenvalue weighted by molar-refractivity contribution is 0.0833. The molecule has 0 bridgehead atoms. The minimum absolute atomic E-state index is 0.224. The average Bonchev–Trinajstić information content (AvgIpc) is 2.62. The van der Waals surface area contributed by atoms with E-state index >= 15 is 0 Å². The summed E-state index contributed by atoms with van der Waals surface area (Å²) in [5, 5.41) is 0.822. The van der Waals surface area contributed by atoms with Gasteiger partial charge < -0.3 is 14.4 Å². The second-order valence-electron chi connectivity index (χ2n) is 5.64. The number of hydrogen-bond donors (Lipinski definition) is 0. The zero-order valence-electron chi connectivity index (χ0n) is 13.9.